The summed E-state index contributed by atoms with van der Waals surface area (Å²) < 4.78 is 1.02. The monoisotopic (exact) mass is 315 g/mol. The number of hydrogen-bond donors (Lipinski definition) is 2. The number of thiophene rings is 1. The summed E-state index contributed by atoms with van der Waals surface area (Å²) in [5, 5.41) is 5.86. The Bertz CT molecular complexity index is 455. The van der Waals surface area contributed by atoms with Gasteiger partial charge < -0.3 is 5.32 Å². The summed E-state index contributed by atoms with van der Waals surface area (Å²) in [4.78, 5) is 17.1. The number of carbonyl (C=O) groups is 1. The van der Waals surface area contributed by atoms with Crippen LogP contribution in [-0.4, -0.2) is 18.4 Å². The Balaban J connectivity index is 2.07. The first-order chi connectivity index (χ1) is 8.06. The van der Waals surface area contributed by atoms with E-state index in [-0.39, 0.29) is 11.9 Å². The molecule has 92 valence electrons. The van der Waals surface area contributed by atoms with Crippen molar-refractivity contribution in [2.45, 2.75) is 19.9 Å². The topological polar surface area (TPSA) is 53.5 Å². The normalized spacial score (nSPS) is 22.0. The summed E-state index contributed by atoms with van der Waals surface area (Å²) in [6.45, 7) is 4.90. The van der Waals surface area contributed by atoms with E-state index in [1.165, 1.54) is 0 Å². The van der Waals surface area contributed by atoms with Crippen LogP contribution in [0.15, 0.2) is 20.9 Å². The van der Waals surface area contributed by atoms with Crippen LogP contribution in [0.2, 0.25) is 0 Å². The molecule has 4 nitrogen and oxygen atoms in total. The van der Waals surface area contributed by atoms with E-state index in [4.69, 9.17) is 0 Å². The Morgan fingerprint density at radius 3 is 2.88 bits per heavy atom. The van der Waals surface area contributed by atoms with Gasteiger partial charge in [-0.15, -0.1) is 11.3 Å². The summed E-state index contributed by atoms with van der Waals surface area (Å²) in [7, 11) is 0. The molecule has 1 aliphatic heterocycles. The number of aliphatic imine (C=N–C) groups is 1. The molecular weight excluding hydrogens is 302 g/mol. The Kier molecular flexibility index (Phi) is 3.83. The van der Waals surface area contributed by atoms with Gasteiger partial charge in [0.2, 0.25) is 0 Å². The number of hydrogen-bond acceptors (Lipinski definition) is 3. The average Bonchev–Trinajstić information content (AvgIpc) is 2.82. The van der Waals surface area contributed by atoms with Gasteiger partial charge in [-0.25, -0.2) is 0 Å². The van der Waals surface area contributed by atoms with Crippen molar-refractivity contribution >= 4 is 39.1 Å². The highest BCUT2D eigenvalue weighted by atomic mass is 79.9. The van der Waals surface area contributed by atoms with E-state index in [9.17, 15) is 4.79 Å². The second kappa shape index (κ2) is 5.18. The third-order valence-electron chi connectivity index (χ3n) is 2.28. The quantitative estimate of drug-likeness (QED) is 0.899. The molecule has 0 aliphatic carbocycles. The van der Waals surface area contributed by atoms with Crippen molar-refractivity contribution in [2.24, 2.45) is 10.9 Å². The summed E-state index contributed by atoms with van der Waals surface area (Å²) in [5.41, 5.74) is 0. The molecule has 0 aromatic carbocycles. The zero-order valence-corrected chi connectivity index (χ0v) is 12.1. The van der Waals surface area contributed by atoms with Crippen molar-refractivity contribution in [3.8, 4) is 0 Å². The van der Waals surface area contributed by atoms with Crippen molar-refractivity contribution in [2.75, 3.05) is 6.54 Å². The average molecular weight is 316 g/mol. The zero-order valence-electron chi connectivity index (χ0n) is 9.66. The van der Waals surface area contributed by atoms with Crippen LogP contribution in [0.3, 0.4) is 0 Å². The molecule has 2 N–H and O–H groups in total. The molecule has 1 fully saturated rings. The minimum atomic E-state index is -0.308. The van der Waals surface area contributed by atoms with Crippen LogP contribution in [0.25, 0.3) is 0 Å². The number of amides is 1. The van der Waals surface area contributed by atoms with E-state index in [0.29, 0.717) is 18.4 Å². The molecule has 2 heterocycles. The largest absolute Gasteiger partial charge is 0.340 e. The molecular formula is C11H14BrN3OS. The smallest absolute Gasteiger partial charge is 0.254 e. The van der Waals surface area contributed by atoms with Gasteiger partial charge in [0, 0.05) is 11.4 Å². The number of halogens is 1. The molecule has 1 aromatic rings. The fourth-order valence-electron chi connectivity index (χ4n) is 1.47. The molecule has 17 heavy (non-hydrogen) atoms. The second-order valence-electron chi connectivity index (χ2n) is 4.29. The van der Waals surface area contributed by atoms with E-state index >= 15 is 0 Å². The molecule has 0 spiro atoms. The van der Waals surface area contributed by atoms with E-state index in [2.05, 4.69) is 45.4 Å². The third-order valence-corrected chi connectivity index (χ3v) is 3.97. The molecule has 2 rings (SSSR count). The van der Waals surface area contributed by atoms with Crippen LogP contribution in [0.4, 0.5) is 0 Å². The van der Waals surface area contributed by atoms with Crippen molar-refractivity contribution in [1.82, 2.24) is 10.6 Å². The van der Waals surface area contributed by atoms with Crippen LogP contribution in [0, 0.1) is 5.92 Å². The first kappa shape index (κ1) is 12.6. The van der Waals surface area contributed by atoms with E-state index in [0.717, 1.165) is 8.66 Å². The minimum Gasteiger partial charge on any atom is -0.340 e. The Labute approximate surface area is 113 Å². The van der Waals surface area contributed by atoms with Gasteiger partial charge in [-0.05, 0) is 34.0 Å². The predicted molar refractivity (Wildman–Crippen MR) is 73.2 cm³/mol. The summed E-state index contributed by atoms with van der Waals surface area (Å²) in [5.74, 6) is 1.02. The summed E-state index contributed by atoms with van der Waals surface area (Å²) in [6.07, 6.45) is 0. The lowest BCUT2D eigenvalue weighted by Gasteiger charge is -2.04. The van der Waals surface area contributed by atoms with Crippen molar-refractivity contribution in [3.63, 3.8) is 0 Å². The molecule has 1 atom stereocenters. The fraction of sp³-hybridized carbons (Fsp3) is 0.455. The highest BCUT2D eigenvalue weighted by molar-refractivity contribution is 9.11. The van der Waals surface area contributed by atoms with Crippen LogP contribution >= 0.6 is 27.3 Å². The molecule has 1 amide bonds. The van der Waals surface area contributed by atoms with Crippen LogP contribution < -0.4 is 10.6 Å². The van der Waals surface area contributed by atoms with Crippen molar-refractivity contribution in [1.29, 1.82) is 0 Å². The molecule has 1 saturated heterocycles. The van der Waals surface area contributed by atoms with Gasteiger partial charge in [0.1, 0.15) is 6.04 Å². The number of carbonyl (C=O) groups excluding carboxylic acids is 1. The van der Waals surface area contributed by atoms with Crippen LogP contribution in [-0.2, 0) is 4.79 Å². The number of nitrogens with zero attached hydrogens (tertiary/aromatic N) is 1. The highest BCUT2D eigenvalue weighted by Crippen LogP contribution is 2.28. The maximum absolute atomic E-state index is 11.8. The maximum Gasteiger partial charge on any atom is 0.254 e. The molecule has 0 radical (unpaired) electrons. The number of nitrogens with one attached hydrogen (secondary N) is 2. The molecule has 0 bridgehead atoms. The van der Waals surface area contributed by atoms with Gasteiger partial charge in [-0.1, -0.05) is 13.8 Å². The lowest BCUT2D eigenvalue weighted by Crippen LogP contribution is -2.26. The molecule has 1 aromatic heterocycles. The summed E-state index contributed by atoms with van der Waals surface area (Å²) in [6, 6.07) is 3.58. The maximum atomic E-state index is 11.8. The minimum absolute atomic E-state index is 0.0399. The Morgan fingerprint density at radius 2 is 2.29 bits per heavy atom. The number of rotatable bonds is 3. The molecule has 1 unspecified atom stereocenters. The zero-order chi connectivity index (χ0) is 12.4. The van der Waals surface area contributed by atoms with Crippen molar-refractivity contribution < 1.29 is 4.79 Å². The van der Waals surface area contributed by atoms with E-state index < -0.39 is 0 Å². The van der Waals surface area contributed by atoms with Crippen LogP contribution in [0.5, 0.6) is 0 Å². The van der Waals surface area contributed by atoms with E-state index in [1.54, 1.807) is 11.3 Å². The summed E-state index contributed by atoms with van der Waals surface area (Å²) >= 11 is 4.95. The Morgan fingerprint density at radius 1 is 1.53 bits per heavy atom. The van der Waals surface area contributed by atoms with Gasteiger partial charge in [0.15, 0.2) is 5.96 Å². The lowest BCUT2D eigenvalue weighted by atomic mass is 10.2. The van der Waals surface area contributed by atoms with Crippen LogP contribution in [0.1, 0.15) is 24.8 Å². The van der Waals surface area contributed by atoms with Gasteiger partial charge in [0.25, 0.3) is 5.91 Å². The Hall–Kier alpha value is -0.880. The third kappa shape index (κ3) is 3.07. The molecule has 0 saturated carbocycles. The second-order valence-corrected chi connectivity index (χ2v) is 6.79. The number of guanidine groups is 1. The van der Waals surface area contributed by atoms with Gasteiger partial charge in [-0.2, -0.15) is 0 Å². The van der Waals surface area contributed by atoms with Gasteiger partial charge in [0.05, 0.1) is 3.79 Å². The molecule has 1 aliphatic rings. The molecule has 6 heteroatoms. The standard InChI is InChI=1S/C11H14BrN3OS/c1-6(2)5-13-11-14-9(10(16)15-11)7-3-4-8(12)17-7/h3-4,6,9H,5H2,1-2H3,(H2,13,14,15,16). The fourth-order valence-corrected chi connectivity index (χ4v) is 2.94. The lowest BCUT2D eigenvalue weighted by molar-refractivity contribution is -0.120. The first-order valence-corrected chi connectivity index (χ1v) is 7.04. The highest BCUT2D eigenvalue weighted by Gasteiger charge is 2.30. The SMILES string of the molecule is CC(C)CN=C1NC(=O)C(c2ccc(Br)s2)N1. The first-order valence-electron chi connectivity index (χ1n) is 5.43. The van der Waals surface area contributed by atoms with Gasteiger partial charge in [-0.3, -0.25) is 15.1 Å². The predicted octanol–water partition coefficient (Wildman–Crippen LogP) is 2.28. The van der Waals surface area contributed by atoms with Crippen molar-refractivity contribution in [3.05, 3.63) is 20.8 Å². The van der Waals surface area contributed by atoms with E-state index in [1.807, 2.05) is 12.1 Å². The van der Waals surface area contributed by atoms with Gasteiger partial charge >= 0.3 is 0 Å².